The van der Waals surface area contributed by atoms with Crippen LogP contribution in [-0.2, 0) is 19.9 Å². The molecule has 3 heterocycles. The molecule has 2 aromatic carbocycles. The van der Waals surface area contributed by atoms with Crippen LogP contribution in [0.15, 0.2) is 42.7 Å². The number of nitrogens with zero attached hydrogens (tertiary/aromatic N) is 5. The molecule has 1 aliphatic carbocycles. The van der Waals surface area contributed by atoms with Gasteiger partial charge in [0.1, 0.15) is 17.5 Å². The molecule has 0 spiro atoms. The highest BCUT2D eigenvalue weighted by Crippen LogP contribution is 2.45. The topological polar surface area (TPSA) is 88.1 Å². The third-order valence-electron chi connectivity index (χ3n) is 6.42. The molecule has 7 nitrogen and oxygen atoms in total. The second-order valence-corrected chi connectivity index (χ2v) is 8.69. The minimum absolute atomic E-state index is 0.325. The number of aromatic amines is 2. The summed E-state index contributed by atoms with van der Waals surface area (Å²) >= 11 is 0. The van der Waals surface area contributed by atoms with Crippen LogP contribution in [0.3, 0.4) is 0 Å². The van der Waals surface area contributed by atoms with Crippen molar-refractivity contribution >= 4 is 10.9 Å². The van der Waals surface area contributed by atoms with Crippen molar-refractivity contribution in [2.75, 3.05) is 0 Å². The Morgan fingerprint density at radius 2 is 2.03 bits per heavy atom. The fourth-order valence-electron chi connectivity index (χ4n) is 4.51. The van der Waals surface area contributed by atoms with Crippen molar-refractivity contribution in [2.24, 2.45) is 7.05 Å². The molecule has 1 aliphatic rings. The molecule has 0 saturated heterocycles. The lowest BCUT2D eigenvalue weighted by atomic mass is 9.96. The van der Waals surface area contributed by atoms with Crippen molar-refractivity contribution in [3.63, 3.8) is 0 Å². The van der Waals surface area contributed by atoms with E-state index in [9.17, 15) is 4.39 Å². The summed E-state index contributed by atoms with van der Waals surface area (Å²) in [5.41, 5.74) is 5.50. The van der Waals surface area contributed by atoms with Gasteiger partial charge in [0.15, 0.2) is 5.82 Å². The van der Waals surface area contributed by atoms with Gasteiger partial charge in [-0.3, -0.25) is 9.78 Å². The lowest BCUT2D eigenvalue weighted by Crippen LogP contribution is -2.03. The van der Waals surface area contributed by atoms with E-state index in [0.717, 1.165) is 23.6 Å². The standard InChI is InChI=1S/C25H24FN7/c1-3-22-27-13-21(29-22)17-8-6-16(10-19(17)26)25-30-23(33(2)32-25)11-15-7-9-20-18(12-28-31-20)24(15)14-4-5-14/h6-10,12-14H,3-5,11H2,1-2H3,(H,27,29)(H,28,31). The molecule has 6 rings (SSSR count). The molecular formula is C25H24FN7. The van der Waals surface area contributed by atoms with Crippen LogP contribution in [-0.4, -0.2) is 34.9 Å². The monoisotopic (exact) mass is 441 g/mol. The van der Waals surface area contributed by atoms with Crippen LogP contribution < -0.4 is 0 Å². The number of rotatable bonds is 6. The number of fused-ring (bicyclic) bond motifs is 1. The molecule has 0 atom stereocenters. The van der Waals surface area contributed by atoms with Crippen LogP contribution >= 0.6 is 0 Å². The summed E-state index contributed by atoms with van der Waals surface area (Å²) in [6.45, 7) is 2.01. The van der Waals surface area contributed by atoms with Gasteiger partial charge in [-0.2, -0.15) is 10.2 Å². The fourth-order valence-corrected chi connectivity index (χ4v) is 4.51. The van der Waals surface area contributed by atoms with Gasteiger partial charge in [0, 0.05) is 36.4 Å². The number of halogens is 1. The largest absolute Gasteiger partial charge is 0.342 e. The summed E-state index contributed by atoms with van der Waals surface area (Å²) in [7, 11) is 1.89. The van der Waals surface area contributed by atoms with Gasteiger partial charge in [-0.1, -0.05) is 19.1 Å². The summed E-state index contributed by atoms with van der Waals surface area (Å²) in [5, 5.41) is 13.1. The maximum Gasteiger partial charge on any atom is 0.181 e. The molecule has 3 aromatic heterocycles. The number of imidazole rings is 1. The highest BCUT2D eigenvalue weighted by atomic mass is 19.1. The van der Waals surface area contributed by atoms with E-state index >= 15 is 0 Å². The maximum absolute atomic E-state index is 14.9. The average Bonchev–Trinajstić information content (AvgIpc) is 3.19. The number of aryl methyl sites for hydroxylation is 2. The zero-order chi connectivity index (χ0) is 22.5. The van der Waals surface area contributed by atoms with E-state index in [0.29, 0.717) is 35.0 Å². The van der Waals surface area contributed by atoms with E-state index in [2.05, 4.69) is 37.4 Å². The molecule has 0 radical (unpaired) electrons. The first-order valence-electron chi connectivity index (χ1n) is 11.3. The Hall–Kier alpha value is -3.81. The van der Waals surface area contributed by atoms with Crippen LogP contribution in [0.4, 0.5) is 4.39 Å². The Labute approximate surface area is 190 Å². The molecule has 0 amide bonds. The number of hydrogen-bond donors (Lipinski definition) is 2. The Balaban J connectivity index is 1.32. The zero-order valence-corrected chi connectivity index (χ0v) is 18.6. The van der Waals surface area contributed by atoms with E-state index in [4.69, 9.17) is 4.98 Å². The van der Waals surface area contributed by atoms with E-state index in [1.54, 1.807) is 16.9 Å². The normalized spacial score (nSPS) is 13.8. The predicted molar refractivity (Wildman–Crippen MR) is 124 cm³/mol. The highest BCUT2D eigenvalue weighted by Gasteiger charge is 2.29. The second-order valence-electron chi connectivity index (χ2n) is 8.69. The molecule has 166 valence electrons. The predicted octanol–water partition coefficient (Wildman–Crippen LogP) is 4.92. The summed E-state index contributed by atoms with van der Waals surface area (Å²) in [4.78, 5) is 12.2. The lowest BCUT2D eigenvalue weighted by Gasteiger charge is -2.09. The van der Waals surface area contributed by atoms with E-state index in [1.807, 2.05) is 26.2 Å². The second kappa shape index (κ2) is 7.65. The number of aromatic nitrogens is 7. The highest BCUT2D eigenvalue weighted by molar-refractivity contribution is 5.84. The third kappa shape index (κ3) is 3.51. The van der Waals surface area contributed by atoms with Crippen LogP contribution in [0.2, 0.25) is 0 Å². The molecule has 2 N–H and O–H groups in total. The summed E-state index contributed by atoms with van der Waals surface area (Å²) in [6.07, 6.45) is 7.46. The Bertz CT molecular complexity index is 1470. The fraction of sp³-hybridized carbons (Fsp3) is 0.280. The molecule has 0 unspecified atom stereocenters. The van der Waals surface area contributed by atoms with Gasteiger partial charge in [0.05, 0.1) is 23.6 Å². The quantitative estimate of drug-likeness (QED) is 0.392. The van der Waals surface area contributed by atoms with Crippen LogP contribution in [0.5, 0.6) is 0 Å². The van der Waals surface area contributed by atoms with Crippen LogP contribution in [0.1, 0.15) is 48.5 Å². The van der Waals surface area contributed by atoms with Crippen molar-refractivity contribution in [3.8, 4) is 22.6 Å². The number of benzene rings is 2. The smallest absolute Gasteiger partial charge is 0.181 e. The molecule has 5 aromatic rings. The molecule has 1 saturated carbocycles. The van der Waals surface area contributed by atoms with Crippen molar-refractivity contribution < 1.29 is 4.39 Å². The van der Waals surface area contributed by atoms with Gasteiger partial charge in [0.2, 0.25) is 0 Å². The van der Waals surface area contributed by atoms with Gasteiger partial charge in [-0.25, -0.2) is 14.4 Å². The molecule has 8 heteroatoms. The molecule has 0 aliphatic heterocycles. The number of hydrogen-bond acceptors (Lipinski definition) is 4. The first-order chi connectivity index (χ1) is 16.1. The summed E-state index contributed by atoms with van der Waals surface area (Å²) in [6, 6.07) is 9.34. The Morgan fingerprint density at radius 3 is 2.79 bits per heavy atom. The SMILES string of the molecule is CCc1ncc(-c2ccc(-c3nc(Cc4ccc5[nH]ncc5c4C4CC4)n(C)n3)cc2F)[nH]1. The van der Waals surface area contributed by atoms with E-state index < -0.39 is 0 Å². The van der Waals surface area contributed by atoms with Gasteiger partial charge >= 0.3 is 0 Å². The zero-order valence-electron chi connectivity index (χ0n) is 18.6. The third-order valence-corrected chi connectivity index (χ3v) is 6.42. The van der Waals surface area contributed by atoms with E-state index in [1.165, 1.54) is 35.4 Å². The molecular weight excluding hydrogens is 417 g/mol. The van der Waals surface area contributed by atoms with Crippen molar-refractivity contribution in [1.82, 2.24) is 34.9 Å². The maximum atomic E-state index is 14.9. The summed E-state index contributed by atoms with van der Waals surface area (Å²) < 4.78 is 16.7. The van der Waals surface area contributed by atoms with Gasteiger partial charge in [0.25, 0.3) is 0 Å². The van der Waals surface area contributed by atoms with Crippen molar-refractivity contribution in [3.05, 3.63) is 71.3 Å². The van der Waals surface area contributed by atoms with Gasteiger partial charge in [-0.15, -0.1) is 0 Å². The van der Waals surface area contributed by atoms with Gasteiger partial charge in [-0.05, 0) is 48.1 Å². The van der Waals surface area contributed by atoms with Crippen LogP contribution in [0, 0.1) is 5.82 Å². The van der Waals surface area contributed by atoms with Gasteiger partial charge < -0.3 is 4.98 Å². The summed E-state index contributed by atoms with van der Waals surface area (Å²) in [5.74, 6) is 2.47. The molecule has 33 heavy (non-hydrogen) atoms. The molecule has 1 fully saturated rings. The Kier molecular flexibility index (Phi) is 4.60. The van der Waals surface area contributed by atoms with E-state index in [-0.39, 0.29) is 5.82 Å². The number of nitrogens with one attached hydrogen (secondary N) is 2. The molecule has 0 bridgehead atoms. The minimum atomic E-state index is -0.325. The average molecular weight is 442 g/mol. The Morgan fingerprint density at radius 1 is 1.15 bits per heavy atom. The van der Waals surface area contributed by atoms with Crippen molar-refractivity contribution in [2.45, 2.75) is 38.5 Å². The first kappa shape index (κ1) is 19.8. The number of H-pyrrole nitrogens is 2. The first-order valence-corrected chi connectivity index (χ1v) is 11.3. The van der Waals surface area contributed by atoms with Crippen molar-refractivity contribution in [1.29, 1.82) is 0 Å². The van der Waals surface area contributed by atoms with Crippen LogP contribution in [0.25, 0.3) is 33.5 Å². The minimum Gasteiger partial charge on any atom is -0.342 e. The lowest BCUT2D eigenvalue weighted by molar-refractivity contribution is 0.631.